The minimum atomic E-state index is -1.17. The fourth-order valence-electron chi connectivity index (χ4n) is 2.56. The smallest absolute Gasteiger partial charge is 0.326 e. The number of carbonyl (C=O) groups is 4. The summed E-state index contributed by atoms with van der Waals surface area (Å²) in [6, 6.07) is -3.93. The van der Waals surface area contributed by atoms with Gasteiger partial charge >= 0.3 is 5.97 Å². The van der Waals surface area contributed by atoms with Gasteiger partial charge in [0.25, 0.3) is 0 Å². The van der Waals surface area contributed by atoms with Crippen LogP contribution < -0.4 is 27.4 Å². The number of hydrogen-bond donors (Lipinski definition) is 7. The van der Waals surface area contributed by atoms with Crippen LogP contribution in [0.5, 0.6) is 0 Å². The zero-order chi connectivity index (χ0) is 22.7. The third-order valence-electron chi connectivity index (χ3n) is 4.34. The van der Waals surface area contributed by atoms with Crippen LogP contribution in [0.3, 0.4) is 0 Å². The van der Waals surface area contributed by atoms with E-state index >= 15 is 0 Å². The first-order chi connectivity index (χ1) is 14.1. The highest BCUT2D eigenvalue weighted by Crippen LogP contribution is 2.03. The average Bonchev–Trinajstić information content (AvgIpc) is 3.19. The maximum atomic E-state index is 12.7. The number of carboxylic acids is 1. The monoisotopic (exact) mass is 425 g/mol. The van der Waals surface area contributed by atoms with Gasteiger partial charge in [-0.2, -0.15) is 0 Å². The topological polar surface area (TPSA) is 205 Å². The predicted molar refractivity (Wildman–Crippen MR) is 108 cm³/mol. The largest absolute Gasteiger partial charge is 0.480 e. The number of H-pyrrole nitrogens is 1. The Morgan fingerprint density at radius 1 is 1.07 bits per heavy atom. The first kappa shape index (κ1) is 25.0. The fraction of sp³-hybridized carbons (Fsp3) is 0.611. The predicted octanol–water partition coefficient (Wildman–Crippen LogP) is -2.01. The molecule has 4 atom stereocenters. The standard InChI is InChI=1S/C18H31N7O5/c1-10(20)15(26)25-14(7-12-8-21-9-22-12)17(28)23-11(2)16(27)24-13(18(29)30)5-3-4-6-19/h8-11,13-14H,3-7,19-20H2,1-2H3,(H,21,22)(H,23,28)(H,24,27)(H,25,26)(H,29,30). The quantitative estimate of drug-likeness (QED) is 0.175. The lowest BCUT2D eigenvalue weighted by Gasteiger charge is -2.23. The Bertz CT molecular complexity index is 708. The normalized spacial score (nSPS) is 14.8. The van der Waals surface area contributed by atoms with Crippen molar-refractivity contribution in [2.75, 3.05) is 6.54 Å². The minimum absolute atomic E-state index is 0.107. The number of carboxylic acid groups (broad SMARTS) is 1. The molecule has 1 heterocycles. The van der Waals surface area contributed by atoms with Crippen LogP contribution in [0.1, 0.15) is 38.8 Å². The summed E-state index contributed by atoms with van der Waals surface area (Å²) in [4.78, 5) is 55.0. The number of nitrogens with two attached hydrogens (primary N) is 2. The number of nitrogens with zero attached hydrogens (tertiary/aromatic N) is 1. The maximum Gasteiger partial charge on any atom is 0.326 e. The van der Waals surface area contributed by atoms with Crippen LogP contribution in [0.15, 0.2) is 12.5 Å². The number of hydrogen-bond acceptors (Lipinski definition) is 7. The summed E-state index contributed by atoms with van der Waals surface area (Å²) in [6.07, 6.45) is 4.46. The second-order valence-electron chi connectivity index (χ2n) is 7.04. The first-order valence-electron chi connectivity index (χ1n) is 9.72. The second kappa shape index (κ2) is 12.5. The van der Waals surface area contributed by atoms with Gasteiger partial charge in [0.1, 0.15) is 18.1 Å². The number of imidazole rings is 1. The molecule has 1 aromatic heterocycles. The van der Waals surface area contributed by atoms with Crippen LogP contribution in [0.2, 0.25) is 0 Å². The molecule has 168 valence electrons. The van der Waals surface area contributed by atoms with Crippen molar-refractivity contribution in [3.63, 3.8) is 0 Å². The van der Waals surface area contributed by atoms with E-state index in [0.29, 0.717) is 25.1 Å². The fourth-order valence-corrected chi connectivity index (χ4v) is 2.56. The number of amides is 3. The molecule has 0 aliphatic carbocycles. The number of unbranched alkanes of at least 4 members (excludes halogenated alkanes) is 1. The highest BCUT2D eigenvalue weighted by Gasteiger charge is 2.28. The molecule has 0 saturated carbocycles. The Morgan fingerprint density at radius 2 is 1.73 bits per heavy atom. The van der Waals surface area contributed by atoms with E-state index in [4.69, 9.17) is 11.5 Å². The summed E-state index contributed by atoms with van der Waals surface area (Å²) >= 11 is 0. The molecule has 1 aromatic rings. The number of carbonyl (C=O) groups excluding carboxylic acids is 3. The molecule has 3 amide bonds. The van der Waals surface area contributed by atoms with E-state index in [1.54, 1.807) is 0 Å². The summed E-state index contributed by atoms with van der Waals surface area (Å²) in [7, 11) is 0. The number of nitrogens with one attached hydrogen (secondary N) is 4. The zero-order valence-corrected chi connectivity index (χ0v) is 17.2. The molecule has 0 aliphatic heterocycles. The van der Waals surface area contributed by atoms with Gasteiger partial charge in [0.05, 0.1) is 12.4 Å². The molecule has 9 N–H and O–H groups in total. The zero-order valence-electron chi connectivity index (χ0n) is 17.2. The molecular formula is C18H31N7O5. The van der Waals surface area contributed by atoms with Gasteiger partial charge in [-0.05, 0) is 39.7 Å². The lowest BCUT2D eigenvalue weighted by molar-refractivity contribution is -0.142. The molecule has 0 fully saturated rings. The Kier molecular flexibility index (Phi) is 10.5. The van der Waals surface area contributed by atoms with E-state index in [2.05, 4.69) is 25.9 Å². The van der Waals surface area contributed by atoms with Crippen molar-refractivity contribution >= 4 is 23.7 Å². The van der Waals surface area contributed by atoms with Crippen molar-refractivity contribution in [1.82, 2.24) is 25.9 Å². The van der Waals surface area contributed by atoms with Gasteiger partial charge in [0.2, 0.25) is 17.7 Å². The SMILES string of the molecule is CC(N)C(=O)NC(Cc1cnc[nH]1)C(=O)NC(C)C(=O)NC(CCCCN)C(=O)O. The van der Waals surface area contributed by atoms with Gasteiger partial charge < -0.3 is 37.5 Å². The van der Waals surface area contributed by atoms with Crippen LogP contribution in [-0.2, 0) is 25.6 Å². The van der Waals surface area contributed by atoms with E-state index in [0.717, 1.165) is 0 Å². The summed E-state index contributed by atoms with van der Waals surface area (Å²) in [5.41, 5.74) is 11.5. The molecule has 4 unspecified atom stereocenters. The molecule has 0 saturated heterocycles. The van der Waals surface area contributed by atoms with Gasteiger partial charge in [-0.1, -0.05) is 0 Å². The van der Waals surface area contributed by atoms with Crippen molar-refractivity contribution in [3.05, 3.63) is 18.2 Å². The van der Waals surface area contributed by atoms with Gasteiger partial charge in [-0.25, -0.2) is 9.78 Å². The number of aromatic amines is 1. The Hall–Kier alpha value is -2.99. The summed E-state index contributed by atoms with van der Waals surface area (Å²) < 4.78 is 0. The third kappa shape index (κ3) is 8.57. The molecule has 0 aliphatic rings. The Morgan fingerprint density at radius 3 is 2.27 bits per heavy atom. The Labute approximate surface area is 174 Å². The van der Waals surface area contributed by atoms with Crippen LogP contribution in [0, 0.1) is 0 Å². The molecule has 30 heavy (non-hydrogen) atoms. The molecule has 0 bridgehead atoms. The lowest BCUT2D eigenvalue weighted by atomic mass is 10.1. The third-order valence-corrected chi connectivity index (χ3v) is 4.34. The van der Waals surface area contributed by atoms with Gasteiger partial charge in [-0.3, -0.25) is 14.4 Å². The van der Waals surface area contributed by atoms with Crippen LogP contribution in [0.25, 0.3) is 0 Å². The summed E-state index contributed by atoms with van der Waals surface area (Å²) in [5, 5.41) is 16.7. The molecule has 0 radical (unpaired) electrons. The number of rotatable bonds is 13. The van der Waals surface area contributed by atoms with E-state index < -0.39 is 47.9 Å². The highest BCUT2D eigenvalue weighted by atomic mass is 16.4. The van der Waals surface area contributed by atoms with Crippen molar-refractivity contribution in [2.24, 2.45) is 11.5 Å². The minimum Gasteiger partial charge on any atom is -0.480 e. The van der Waals surface area contributed by atoms with Crippen molar-refractivity contribution < 1.29 is 24.3 Å². The van der Waals surface area contributed by atoms with E-state index in [1.165, 1.54) is 26.4 Å². The summed E-state index contributed by atoms with van der Waals surface area (Å²) in [6.45, 7) is 3.33. The van der Waals surface area contributed by atoms with Crippen molar-refractivity contribution in [3.8, 4) is 0 Å². The van der Waals surface area contributed by atoms with E-state index in [-0.39, 0.29) is 12.8 Å². The highest BCUT2D eigenvalue weighted by molar-refractivity contribution is 5.93. The Balaban J connectivity index is 2.74. The summed E-state index contributed by atoms with van der Waals surface area (Å²) in [5.74, 6) is -2.96. The van der Waals surface area contributed by atoms with Crippen molar-refractivity contribution in [1.29, 1.82) is 0 Å². The maximum absolute atomic E-state index is 12.7. The number of aliphatic carboxylic acids is 1. The molecule has 12 nitrogen and oxygen atoms in total. The van der Waals surface area contributed by atoms with E-state index in [9.17, 15) is 24.3 Å². The molecule has 0 spiro atoms. The van der Waals surface area contributed by atoms with E-state index in [1.807, 2.05) is 0 Å². The van der Waals surface area contributed by atoms with Gasteiger partial charge in [-0.15, -0.1) is 0 Å². The van der Waals surface area contributed by atoms with Crippen LogP contribution in [-0.4, -0.2) is 69.5 Å². The van der Waals surface area contributed by atoms with Gasteiger partial charge in [0, 0.05) is 18.3 Å². The first-order valence-corrected chi connectivity index (χ1v) is 9.72. The van der Waals surface area contributed by atoms with Crippen LogP contribution >= 0.6 is 0 Å². The molecule has 12 heteroatoms. The molecule has 1 rings (SSSR count). The van der Waals surface area contributed by atoms with Crippen molar-refractivity contribution in [2.45, 2.75) is 63.7 Å². The second-order valence-corrected chi connectivity index (χ2v) is 7.04. The molecule has 0 aromatic carbocycles. The lowest BCUT2D eigenvalue weighted by Crippen LogP contribution is -2.56. The average molecular weight is 425 g/mol. The van der Waals surface area contributed by atoms with Crippen LogP contribution in [0.4, 0.5) is 0 Å². The number of aromatic nitrogens is 2. The molecular weight excluding hydrogens is 394 g/mol. The van der Waals surface area contributed by atoms with Gasteiger partial charge in [0.15, 0.2) is 0 Å².